The van der Waals surface area contributed by atoms with Gasteiger partial charge >= 0.3 is 0 Å². The molecule has 0 aliphatic rings. The smallest absolute Gasteiger partial charge is 0.253 e. The van der Waals surface area contributed by atoms with E-state index >= 15 is 0 Å². The molecule has 0 heterocycles. The number of ether oxygens (including phenoxy) is 2. The third-order valence-corrected chi connectivity index (χ3v) is 2.87. The lowest BCUT2D eigenvalue weighted by molar-refractivity contribution is -0.127. The van der Waals surface area contributed by atoms with Gasteiger partial charge in [-0.05, 0) is 31.5 Å². The molecular weight excluding hydrogens is 275 g/mol. The van der Waals surface area contributed by atoms with Gasteiger partial charge in [-0.15, -0.1) is 0 Å². The Bertz CT molecular complexity index is 455. The number of hydrogen-bond donors (Lipinski definition) is 2. The zero-order valence-electron chi connectivity index (χ0n) is 12.5. The topological polar surface area (TPSA) is 73.6 Å². The van der Waals surface area contributed by atoms with Crippen molar-refractivity contribution in [2.24, 2.45) is 0 Å². The summed E-state index contributed by atoms with van der Waals surface area (Å²) in [6.07, 6.45) is 1.48. The van der Waals surface area contributed by atoms with Crippen molar-refractivity contribution >= 4 is 17.3 Å². The van der Waals surface area contributed by atoms with Crippen LogP contribution >= 0.6 is 0 Å². The second-order valence-electron chi connectivity index (χ2n) is 4.70. The number of benzene rings is 1. The molecule has 3 N–H and O–H groups in total. The van der Waals surface area contributed by atoms with E-state index in [1.54, 1.807) is 6.92 Å². The van der Waals surface area contributed by atoms with Crippen molar-refractivity contribution in [1.29, 1.82) is 0 Å². The summed E-state index contributed by atoms with van der Waals surface area (Å²) in [4.78, 5) is 11.9. The maximum atomic E-state index is 13.0. The van der Waals surface area contributed by atoms with Crippen LogP contribution in [0.3, 0.4) is 0 Å². The van der Waals surface area contributed by atoms with E-state index in [2.05, 4.69) is 12.2 Å². The lowest BCUT2D eigenvalue weighted by atomic mass is 10.2. The molecule has 0 fully saturated rings. The average molecular weight is 298 g/mol. The van der Waals surface area contributed by atoms with Gasteiger partial charge in [-0.2, -0.15) is 0 Å². The van der Waals surface area contributed by atoms with Crippen LogP contribution in [0.2, 0.25) is 0 Å². The number of halogens is 1. The Kier molecular flexibility index (Phi) is 7.71. The fourth-order valence-corrected chi connectivity index (χ4v) is 1.57. The van der Waals surface area contributed by atoms with Crippen LogP contribution in [0.15, 0.2) is 18.2 Å². The second-order valence-corrected chi connectivity index (χ2v) is 4.70. The van der Waals surface area contributed by atoms with Crippen molar-refractivity contribution in [2.75, 3.05) is 30.9 Å². The van der Waals surface area contributed by atoms with Gasteiger partial charge in [0, 0.05) is 12.3 Å². The van der Waals surface area contributed by atoms with Gasteiger partial charge in [-0.3, -0.25) is 4.79 Å². The molecule has 1 atom stereocenters. The van der Waals surface area contributed by atoms with Gasteiger partial charge in [0.1, 0.15) is 11.9 Å². The van der Waals surface area contributed by atoms with Gasteiger partial charge < -0.3 is 20.5 Å². The highest BCUT2D eigenvalue weighted by atomic mass is 19.1. The Morgan fingerprint density at radius 3 is 2.81 bits per heavy atom. The van der Waals surface area contributed by atoms with E-state index in [0.29, 0.717) is 25.5 Å². The Morgan fingerprint density at radius 2 is 2.14 bits per heavy atom. The summed E-state index contributed by atoms with van der Waals surface area (Å²) in [7, 11) is 0. The van der Waals surface area contributed by atoms with Crippen molar-refractivity contribution in [2.45, 2.75) is 32.8 Å². The predicted molar refractivity (Wildman–Crippen MR) is 80.6 cm³/mol. The zero-order valence-corrected chi connectivity index (χ0v) is 12.5. The van der Waals surface area contributed by atoms with Crippen molar-refractivity contribution < 1.29 is 18.7 Å². The number of nitrogens with one attached hydrogen (secondary N) is 1. The first kappa shape index (κ1) is 17.4. The molecule has 21 heavy (non-hydrogen) atoms. The van der Waals surface area contributed by atoms with Crippen molar-refractivity contribution in [3.8, 4) is 0 Å². The third-order valence-electron chi connectivity index (χ3n) is 2.87. The van der Waals surface area contributed by atoms with E-state index in [9.17, 15) is 9.18 Å². The fourth-order valence-electron chi connectivity index (χ4n) is 1.57. The predicted octanol–water partition coefficient (Wildman–Crippen LogP) is 2.57. The summed E-state index contributed by atoms with van der Waals surface area (Å²) in [6, 6.07) is 4.02. The van der Waals surface area contributed by atoms with Gasteiger partial charge in [0.25, 0.3) is 5.91 Å². The molecule has 1 aromatic rings. The standard InChI is InChI=1S/C15H23FN2O3/c1-3-4-7-20-8-9-21-11(2)15(19)18-12-5-6-13(16)14(17)10-12/h5-6,10-11H,3-4,7-9,17H2,1-2H3,(H,18,19). The molecule has 5 nitrogen and oxygen atoms in total. The fraction of sp³-hybridized carbons (Fsp3) is 0.533. The van der Waals surface area contributed by atoms with Gasteiger partial charge in [-0.1, -0.05) is 13.3 Å². The minimum Gasteiger partial charge on any atom is -0.396 e. The van der Waals surface area contributed by atoms with Crippen LogP contribution in [0.5, 0.6) is 0 Å². The van der Waals surface area contributed by atoms with Gasteiger partial charge in [0.05, 0.1) is 18.9 Å². The van der Waals surface area contributed by atoms with E-state index in [4.69, 9.17) is 15.2 Å². The van der Waals surface area contributed by atoms with Crippen LogP contribution in [-0.2, 0) is 14.3 Å². The summed E-state index contributed by atoms with van der Waals surface area (Å²) in [5.41, 5.74) is 5.87. The first-order chi connectivity index (χ1) is 10.0. The first-order valence-corrected chi connectivity index (χ1v) is 7.09. The maximum absolute atomic E-state index is 13.0. The van der Waals surface area contributed by atoms with Crippen LogP contribution in [0, 0.1) is 5.82 Å². The summed E-state index contributed by atoms with van der Waals surface area (Å²) < 4.78 is 23.7. The largest absolute Gasteiger partial charge is 0.396 e. The van der Waals surface area contributed by atoms with E-state index in [0.717, 1.165) is 12.8 Å². The molecule has 1 unspecified atom stereocenters. The maximum Gasteiger partial charge on any atom is 0.253 e. The SMILES string of the molecule is CCCCOCCOC(C)C(=O)Nc1ccc(F)c(N)c1. The highest BCUT2D eigenvalue weighted by Gasteiger charge is 2.13. The molecule has 1 aromatic carbocycles. The molecule has 0 aliphatic carbocycles. The van der Waals surface area contributed by atoms with Gasteiger partial charge in [0.2, 0.25) is 0 Å². The lowest BCUT2D eigenvalue weighted by Crippen LogP contribution is -2.29. The number of nitrogen functional groups attached to an aromatic ring is 1. The second kappa shape index (κ2) is 9.31. The molecule has 0 aromatic heterocycles. The Morgan fingerprint density at radius 1 is 1.38 bits per heavy atom. The average Bonchev–Trinajstić information content (AvgIpc) is 2.46. The molecule has 0 aliphatic heterocycles. The number of hydrogen-bond acceptors (Lipinski definition) is 4. The number of unbranched alkanes of at least 4 members (excludes halogenated alkanes) is 1. The van der Waals surface area contributed by atoms with Crippen LogP contribution in [0.25, 0.3) is 0 Å². The molecule has 0 bridgehead atoms. The summed E-state index contributed by atoms with van der Waals surface area (Å²) >= 11 is 0. The van der Waals surface area contributed by atoms with Crippen molar-refractivity contribution in [1.82, 2.24) is 0 Å². The highest BCUT2D eigenvalue weighted by Crippen LogP contribution is 2.16. The van der Waals surface area contributed by atoms with E-state index in [-0.39, 0.29) is 11.6 Å². The molecule has 0 saturated carbocycles. The minimum absolute atomic E-state index is 0.00862. The monoisotopic (exact) mass is 298 g/mol. The van der Waals surface area contributed by atoms with Gasteiger partial charge in [0.15, 0.2) is 0 Å². The van der Waals surface area contributed by atoms with Crippen molar-refractivity contribution in [3.05, 3.63) is 24.0 Å². The Labute approximate surface area is 124 Å². The van der Waals surface area contributed by atoms with Crippen LogP contribution in [0.1, 0.15) is 26.7 Å². The number of anilines is 2. The molecule has 0 spiro atoms. The molecule has 0 saturated heterocycles. The molecule has 1 amide bonds. The van der Waals surface area contributed by atoms with Gasteiger partial charge in [-0.25, -0.2) is 4.39 Å². The van der Waals surface area contributed by atoms with E-state index in [1.165, 1.54) is 18.2 Å². The number of nitrogens with two attached hydrogens (primary N) is 1. The summed E-state index contributed by atoms with van der Waals surface area (Å²) in [6.45, 7) is 5.25. The number of rotatable bonds is 9. The molecule has 0 radical (unpaired) electrons. The normalized spacial score (nSPS) is 12.1. The van der Waals surface area contributed by atoms with Crippen LogP contribution in [-0.4, -0.2) is 31.8 Å². The zero-order chi connectivity index (χ0) is 15.7. The quantitative estimate of drug-likeness (QED) is 0.543. The highest BCUT2D eigenvalue weighted by molar-refractivity contribution is 5.94. The van der Waals surface area contributed by atoms with E-state index in [1.807, 2.05) is 0 Å². The molecule has 118 valence electrons. The third kappa shape index (κ3) is 6.55. The molecular formula is C15H23FN2O3. The lowest BCUT2D eigenvalue weighted by Gasteiger charge is -2.14. The first-order valence-electron chi connectivity index (χ1n) is 7.09. The number of carbonyl (C=O) groups is 1. The van der Waals surface area contributed by atoms with Crippen LogP contribution in [0.4, 0.5) is 15.8 Å². The number of carbonyl (C=O) groups excluding carboxylic acids is 1. The summed E-state index contributed by atoms with van der Waals surface area (Å²) in [5.74, 6) is -0.823. The molecule has 1 rings (SSSR count). The number of amides is 1. The Hall–Kier alpha value is -1.66. The van der Waals surface area contributed by atoms with Crippen molar-refractivity contribution in [3.63, 3.8) is 0 Å². The minimum atomic E-state index is -0.619. The van der Waals surface area contributed by atoms with Crippen LogP contribution < -0.4 is 11.1 Å². The molecule has 6 heteroatoms. The summed E-state index contributed by atoms with van der Waals surface area (Å²) in [5, 5.41) is 2.62. The Balaban J connectivity index is 2.29. The van der Waals surface area contributed by atoms with E-state index < -0.39 is 11.9 Å².